The van der Waals surface area contributed by atoms with E-state index in [1.54, 1.807) is 5.57 Å². The first-order chi connectivity index (χ1) is 6.74. The Kier molecular flexibility index (Phi) is 4.18. The highest BCUT2D eigenvalue weighted by Gasteiger charge is 2.42. The van der Waals surface area contributed by atoms with E-state index >= 15 is 0 Å². The van der Waals surface area contributed by atoms with E-state index in [1.807, 2.05) is 13.8 Å². The first kappa shape index (κ1) is 11.8. The molecule has 1 spiro atoms. The van der Waals surface area contributed by atoms with E-state index in [-0.39, 0.29) is 0 Å². The van der Waals surface area contributed by atoms with E-state index in [0.717, 1.165) is 0 Å². The Morgan fingerprint density at radius 1 is 1.29 bits per heavy atom. The van der Waals surface area contributed by atoms with Crippen LogP contribution in [0.5, 0.6) is 0 Å². The summed E-state index contributed by atoms with van der Waals surface area (Å²) < 4.78 is 0. The summed E-state index contributed by atoms with van der Waals surface area (Å²) in [5, 5.41) is 0. The Morgan fingerprint density at radius 3 is 2.43 bits per heavy atom. The second-order valence-electron chi connectivity index (χ2n) is 4.64. The summed E-state index contributed by atoms with van der Waals surface area (Å²) in [5.41, 5.74) is 2.39. The number of rotatable bonds is 0. The van der Waals surface area contributed by atoms with Crippen LogP contribution in [-0.2, 0) is 0 Å². The van der Waals surface area contributed by atoms with E-state index in [2.05, 4.69) is 24.9 Å². The molecule has 1 aliphatic heterocycles. The third-order valence-corrected chi connectivity index (χ3v) is 3.46. The maximum Gasteiger partial charge on any atom is 0.00411 e. The van der Waals surface area contributed by atoms with E-state index in [9.17, 15) is 0 Å². The maximum atomic E-state index is 2.50. The first-order valence-corrected chi connectivity index (χ1v) is 6.07. The molecule has 1 heteroatoms. The lowest BCUT2D eigenvalue weighted by Gasteiger charge is -2.49. The minimum absolute atomic E-state index is 0.703. The van der Waals surface area contributed by atoms with Gasteiger partial charge in [-0.05, 0) is 51.6 Å². The molecule has 0 amide bonds. The summed E-state index contributed by atoms with van der Waals surface area (Å²) in [6, 6.07) is 0. The third-order valence-electron chi connectivity index (χ3n) is 3.46. The molecule has 0 unspecified atom stereocenters. The molecule has 1 nitrogen and oxygen atoms in total. The molecular formula is C13H25N. The van der Waals surface area contributed by atoms with Crippen LogP contribution in [0.2, 0.25) is 0 Å². The van der Waals surface area contributed by atoms with Gasteiger partial charge in [0.1, 0.15) is 0 Å². The average molecular weight is 195 g/mol. The molecule has 1 saturated carbocycles. The molecule has 0 N–H and O–H groups in total. The summed E-state index contributed by atoms with van der Waals surface area (Å²) >= 11 is 0. The highest BCUT2D eigenvalue weighted by atomic mass is 15.1. The molecule has 1 heterocycles. The van der Waals surface area contributed by atoms with Crippen LogP contribution in [-0.4, -0.2) is 25.0 Å². The van der Waals surface area contributed by atoms with E-state index in [0.29, 0.717) is 5.41 Å². The Morgan fingerprint density at radius 2 is 1.93 bits per heavy atom. The quantitative estimate of drug-likeness (QED) is 0.535. The van der Waals surface area contributed by atoms with Gasteiger partial charge < -0.3 is 4.90 Å². The average Bonchev–Trinajstić information content (AvgIpc) is 2.17. The van der Waals surface area contributed by atoms with Crippen molar-refractivity contribution in [3.63, 3.8) is 0 Å². The zero-order valence-electron chi connectivity index (χ0n) is 10.3. The SMILES string of the molecule is CC.CC=C1CC2(CCCN(C)C2)C1. The topological polar surface area (TPSA) is 3.24 Å². The standard InChI is InChI=1S/C11H19N.C2H6/c1-3-10-7-11(8-10)5-4-6-12(2)9-11;1-2/h3H,4-9H2,1-2H3;1-2H3. The van der Waals surface area contributed by atoms with Crippen LogP contribution in [0.3, 0.4) is 0 Å². The molecule has 2 aliphatic rings. The summed E-state index contributed by atoms with van der Waals surface area (Å²) in [7, 11) is 2.26. The van der Waals surface area contributed by atoms with Gasteiger partial charge in [-0.1, -0.05) is 25.5 Å². The van der Waals surface area contributed by atoms with Gasteiger partial charge in [0.25, 0.3) is 0 Å². The van der Waals surface area contributed by atoms with Crippen LogP contribution in [0.4, 0.5) is 0 Å². The van der Waals surface area contributed by atoms with Crippen molar-refractivity contribution in [2.24, 2.45) is 5.41 Å². The number of nitrogens with zero attached hydrogens (tertiary/aromatic N) is 1. The van der Waals surface area contributed by atoms with Crippen LogP contribution in [0.25, 0.3) is 0 Å². The molecule has 0 aromatic carbocycles. The van der Waals surface area contributed by atoms with Gasteiger partial charge in [-0.25, -0.2) is 0 Å². The van der Waals surface area contributed by atoms with Gasteiger partial charge in [-0.3, -0.25) is 0 Å². The van der Waals surface area contributed by atoms with Crippen molar-refractivity contribution in [3.05, 3.63) is 11.6 Å². The van der Waals surface area contributed by atoms with Crippen LogP contribution in [0, 0.1) is 5.41 Å². The molecule has 14 heavy (non-hydrogen) atoms. The van der Waals surface area contributed by atoms with Gasteiger partial charge in [0, 0.05) is 6.54 Å². The van der Waals surface area contributed by atoms with E-state index in [4.69, 9.17) is 0 Å². The lowest BCUT2D eigenvalue weighted by atomic mass is 9.61. The van der Waals surface area contributed by atoms with Crippen LogP contribution < -0.4 is 0 Å². The molecule has 1 saturated heterocycles. The molecule has 2 rings (SSSR count). The molecule has 1 aliphatic carbocycles. The summed E-state index contributed by atoms with van der Waals surface area (Å²) in [6.07, 6.45) is 7.95. The normalized spacial score (nSPS) is 31.9. The maximum absolute atomic E-state index is 2.50. The zero-order valence-corrected chi connectivity index (χ0v) is 10.3. The van der Waals surface area contributed by atoms with Crippen molar-refractivity contribution in [1.82, 2.24) is 4.90 Å². The lowest BCUT2D eigenvalue weighted by Crippen LogP contribution is -2.46. The highest BCUT2D eigenvalue weighted by molar-refractivity contribution is 5.19. The molecular weight excluding hydrogens is 170 g/mol. The Labute approximate surface area is 89.2 Å². The van der Waals surface area contributed by atoms with E-state index < -0.39 is 0 Å². The molecule has 0 aromatic heterocycles. The molecule has 0 atom stereocenters. The lowest BCUT2D eigenvalue weighted by molar-refractivity contribution is 0.0707. The minimum atomic E-state index is 0.703. The van der Waals surface area contributed by atoms with Gasteiger partial charge in [0.2, 0.25) is 0 Å². The highest BCUT2D eigenvalue weighted by Crippen LogP contribution is 2.50. The third kappa shape index (κ3) is 2.38. The second-order valence-corrected chi connectivity index (χ2v) is 4.64. The van der Waals surface area contributed by atoms with Crippen molar-refractivity contribution in [2.75, 3.05) is 20.1 Å². The number of likely N-dealkylation sites (tertiary alicyclic amines) is 1. The number of hydrogen-bond donors (Lipinski definition) is 0. The van der Waals surface area contributed by atoms with Crippen molar-refractivity contribution in [3.8, 4) is 0 Å². The summed E-state index contributed by atoms with van der Waals surface area (Å²) in [5.74, 6) is 0. The van der Waals surface area contributed by atoms with E-state index in [1.165, 1.54) is 38.8 Å². The molecule has 2 fully saturated rings. The monoisotopic (exact) mass is 195 g/mol. The van der Waals surface area contributed by atoms with Crippen molar-refractivity contribution < 1.29 is 0 Å². The molecule has 82 valence electrons. The first-order valence-electron chi connectivity index (χ1n) is 6.07. The fourth-order valence-electron chi connectivity index (χ4n) is 2.86. The predicted octanol–water partition coefficient (Wildman–Crippen LogP) is 3.46. The summed E-state index contributed by atoms with van der Waals surface area (Å²) in [4.78, 5) is 2.50. The van der Waals surface area contributed by atoms with Crippen LogP contribution in [0.15, 0.2) is 11.6 Å². The van der Waals surface area contributed by atoms with Gasteiger partial charge >= 0.3 is 0 Å². The van der Waals surface area contributed by atoms with Gasteiger partial charge in [-0.15, -0.1) is 0 Å². The molecule has 0 aromatic rings. The predicted molar refractivity (Wildman–Crippen MR) is 63.5 cm³/mol. The second kappa shape index (κ2) is 4.97. The van der Waals surface area contributed by atoms with Crippen LogP contribution in [0.1, 0.15) is 46.5 Å². The molecule has 0 bridgehead atoms. The number of piperidine rings is 1. The fraction of sp³-hybridized carbons (Fsp3) is 0.846. The van der Waals surface area contributed by atoms with Gasteiger partial charge in [0.15, 0.2) is 0 Å². The Balaban J connectivity index is 0.000000461. The summed E-state index contributed by atoms with van der Waals surface area (Å²) in [6.45, 7) is 8.83. The zero-order chi connectivity index (χ0) is 10.6. The molecule has 0 radical (unpaired) electrons. The largest absolute Gasteiger partial charge is 0.306 e. The number of allylic oxidation sites excluding steroid dienone is 2. The number of hydrogen-bond acceptors (Lipinski definition) is 1. The minimum Gasteiger partial charge on any atom is -0.306 e. The fourth-order valence-corrected chi connectivity index (χ4v) is 2.86. The Hall–Kier alpha value is -0.300. The van der Waals surface area contributed by atoms with Crippen molar-refractivity contribution in [2.45, 2.75) is 46.5 Å². The smallest absolute Gasteiger partial charge is 0.00411 e. The Bertz CT molecular complexity index is 197. The van der Waals surface area contributed by atoms with Crippen LogP contribution >= 0.6 is 0 Å². The van der Waals surface area contributed by atoms with Gasteiger partial charge in [0.05, 0.1) is 0 Å². The van der Waals surface area contributed by atoms with Crippen molar-refractivity contribution >= 4 is 0 Å². The van der Waals surface area contributed by atoms with Gasteiger partial charge in [-0.2, -0.15) is 0 Å². The van der Waals surface area contributed by atoms with Crippen molar-refractivity contribution in [1.29, 1.82) is 0 Å².